The lowest BCUT2D eigenvalue weighted by atomic mass is 9.80. The molecular formula is C27H18N2O3. The first-order valence-corrected chi connectivity index (χ1v) is 10.1. The highest BCUT2D eigenvalue weighted by molar-refractivity contribution is 6.33. The van der Waals surface area contributed by atoms with E-state index in [9.17, 15) is 14.4 Å². The van der Waals surface area contributed by atoms with Crippen molar-refractivity contribution in [2.45, 2.75) is 0 Å². The first-order valence-electron chi connectivity index (χ1n) is 10.1. The summed E-state index contributed by atoms with van der Waals surface area (Å²) >= 11 is 0. The van der Waals surface area contributed by atoms with E-state index in [-0.39, 0.29) is 45.3 Å². The Morgan fingerprint density at radius 2 is 1.22 bits per heavy atom. The molecule has 0 saturated heterocycles. The highest BCUT2D eigenvalue weighted by Crippen LogP contribution is 2.39. The number of fused-ring (bicyclic) bond motifs is 2. The number of nitrogens with one attached hydrogen (secondary N) is 1. The fraction of sp³-hybridized carbons (Fsp3) is 0. The Bertz CT molecular complexity index is 1390. The molecule has 32 heavy (non-hydrogen) atoms. The number of anilines is 3. The van der Waals surface area contributed by atoms with Crippen LogP contribution < -0.4 is 11.1 Å². The molecule has 0 spiro atoms. The average molecular weight is 418 g/mol. The van der Waals surface area contributed by atoms with E-state index in [1.54, 1.807) is 54.6 Å². The van der Waals surface area contributed by atoms with Gasteiger partial charge >= 0.3 is 0 Å². The van der Waals surface area contributed by atoms with Crippen molar-refractivity contribution in [2.75, 3.05) is 11.1 Å². The van der Waals surface area contributed by atoms with Gasteiger partial charge in [0.1, 0.15) is 0 Å². The lowest BCUT2D eigenvalue weighted by Gasteiger charge is -2.24. The van der Waals surface area contributed by atoms with Gasteiger partial charge in [0.25, 0.3) is 0 Å². The van der Waals surface area contributed by atoms with Crippen LogP contribution in [0.25, 0.3) is 0 Å². The van der Waals surface area contributed by atoms with Gasteiger partial charge < -0.3 is 11.1 Å². The van der Waals surface area contributed by atoms with Gasteiger partial charge in [-0.25, -0.2) is 0 Å². The standard InChI is InChI=1S/C27H18N2O3/c28-24-20(25(30)16-9-3-1-4-10-16)15-21(29-17-11-5-2-6-12-17)22-23(24)27(32)19-14-8-7-13-18(19)26(22)31/h1-15,29H,28H2. The zero-order valence-corrected chi connectivity index (χ0v) is 17.0. The van der Waals surface area contributed by atoms with Gasteiger partial charge in [0, 0.05) is 27.9 Å². The summed E-state index contributed by atoms with van der Waals surface area (Å²) in [4.78, 5) is 40.1. The Balaban J connectivity index is 1.76. The topological polar surface area (TPSA) is 89.3 Å². The summed E-state index contributed by atoms with van der Waals surface area (Å²) in [6.07, 6.45) is 0. The van der Waals surface area contributed by atoms with Crippen molar-refractivity contribution in [2.24, 2.45) is 0 Å². The summed E-state index contributed by atoms with van der Waals surface area (Å²) in [6, 6.07) is 26.2. The van der Waals surface area contributed by atoms with Crippen molar-refractivity contribution in [3.05, 3.63) is 124 Å². The Morgan fingerprint density at radius 3 is 1.84 bits per heavy atom. The normalized spacial score (nSPS) is 12.1. The van der Waals surface area contributed by atoms with E-state index < -0.39 is 0 Å². The molecule has 0 aromatic heterocycles. The molecule has 5 rings (SSSR count). The fourth-order valence-corrected chi connectivity index (χ4v) is 4.03. The number of ketones is 3. The first kappa shape index (κ1) is 19.5. The average Bonchev–Trinajstić information content (AvgIpc) is 2.84. The van der Waals surface area contributed by atoms with Gasteiger partial charge in [-0.15, -0.1) is 0 Å². The molecule has 5 heteroatoms. The Hall–Kier alpha value is -4.51. The predicted octanol–water partition coefficient (Wildman–Crippen LogP) is 5.02. The van der Waals surface area contributed by atoms with Gasteiger partial charge in [-0.2, -0.15) is 0 Å². The summed E-state index contributed by atoms with van der Waals surface area (Å²) in [6.45, 7) is 0. The molecular weight excluding hydrogens is 400 g/mol. The fourth-order valence-electron chi connectivity index (χ4n) is 4.03. The van der Waals surface area contributed by atoms with Crippen LogP contribution in [-0.2, 0) is 0 Å². The van der Waals surface area contributed by atoms with Gasteiger partial charge in [-0.3, -0.25) is 14.4 Å². The lowest BCUT2D eigenvalue weighted by Crippen LogP contribution is -2.25. The quantitative estimate of drug-likeness (QED) is 0.316. The van der Waals surface area contributed by atoms with E-state index in [4.69, 9.17) is 5.73 Å². The van der Waals surface area contributed by atoms with Crippen LogP contribution in [-0.4, -0.2) is 17.3 Å². The summed E-state index contributed by atoms with van der Waals surface area (Å²) in [7, 11) is 0. The molecule has 0 atom stereocenters. The molecule has 1 aliphatic rings. The molecule has 4 aromatic rings. The van der Waals surface area contributed by atoms with Crippen LogP contribution in [0.3, 0.4) is 0 Å². The Labute approximate surface area is 184 Å². The molecule has 0 radical (unpaired) electrons. The third kappa shape index (κ3) is 3.08. The summed E-state index contributed by atoms with van der Waals surface area (Å²) in [5.41, 5.74) is 8.96. The van der Waals surface area contributed by atoms with E-state index >= 15 is 0 Å². The highest BCUT2D eigenvalue weighted by atomic mass is 16.1. The number of hydrogen-bond acceptors (Lipinski definition) is 5. The molecule has 0 aliphatic heterocycles. The zero-order valence-electron chi connectivity index (χ0n) is 17.0. The van der Waals surface area contributed by atoms with Crippen LogP contribution in [0, 0.1) is 0 Å². The highest BCUT2D eigenvalue weighted by Gasteiger charge is 2.35. The number of nitrogen functional groups attached to an aromatic ring is 1. The molecule has 0 amide bonds. The molecule has 4 aromatic carbocycles. The number of hydrogen-bond donors (Lipinski definition) is 2. The van der Waals surface area contributed by atoms with Crippen molar-refractivity contribution in [1.82, 2.24) is 0 Å². The molecule has 0 unspecified atom stereocenters. The van der Waals surface area contributed by atoms with Crippen LogP contribution >= 0.6 is 0 Å². The van der Waals surface area contributed by atoms with Crippen molar-refractivity contribution in [3.63, 3.8) is 0 Å². The van der Waals surface area contributed by atoms with Gasteiger partial charge in [-0.05, 0) is 18.2 Å². The molecule has 3 N–H and O–H groups in total. The molecule has 0 fully saturated rings. The summed E-state index contributed by atoms with van der Waals surface area (Å²) in [5, 5.41) is 3.21. The molecule has 0 heterocycles. The largest absolute Gasteiger partial charge is 0.398 e. The van der Waals surface area contributed by atoms with Crippen molar-refractivity contribution >= 4 is 34.4 Å². The second-order valence-corrected chi connectivity index (χ2v) is 7.53. The number of rotatable bonds is 4. The number of carbonyl (C=O) groups is 3. The molecule has 154 valence electrons. The van der Waals surface area contributed by atoms with Crippen molar-refractivity contribution in [3.8, 4) is 0 Å². The lowest BCUT2D eigenvalue weighted by molar-refractivity contribution is 0.0979. The predicted molar refractivity (Wildman–Crippen MR) is 124 cm³/mol. The maximum absolute atomic E-state index is 13.4. The maximum Gasteiger partial charge on any atom is 0.196 e. The monoisotopic (exact) mass is 418 g/mol. The van der Waals surface area contributed by atoms with Gasteiger partial charge in [0.15, 0.2) is 17.3 Å². The molecule has 1 aliphatic carbocycles. The minimum Gasteiger partial charge on any atom is -0.398 e. The van der Waals surface area contributed by atoms with Crippen molar-refractivity contribution in [1.29, 1.82) is 0 Å². The smallest absolute Gasteiger partial charge is 0.196 e. The van der Waals surface area contributed by atoms with Crippen LogP contribution in [0.4, 0.5) is 17.1 Å². The Morgan fingerprint density at radius 1 is 0.688 bits per heavy atom. The molecule has 5 nitrogen and oxygen atoms in total. The van der Waals surface area contributed by atoms with Crippen LogP contribution in [0.15, 0.2) is 91.0 Å². The number of carbonyl (C=O) groups excluding carboxylic acids is 3. The maximum atomic E-state index is 13.4. The van der Waals surface area contributed by atoms with E-state index in [0.29, 0.717) is 16.8 Å². The van der Waals surface area contributed by atoms with Crippen molar-refractivity contribution < 1.29 is 14.4 Å². The molecule has 0 saturated carbocycles. The number of para-hydroxylation sites is 1. The van der Waals surface area contributed by atoms with Gasteiger partial charge in [0.2, 0.25) is 0 Å². The van der Waals surface area contributed by atoms with Crippen LogP contribution in [0.5, 0.6) is 0 Å². The second kappa shape index (κ2) is 7.63. The van der Waals surface area contributed by atoms with Crippen LogP contribution in [0.1, 0.15) is 47.8 Å². The number of nitrogens with two attached hydrogens (primary N) is 1. The van der Waals surface area contributed by atoms with Crippen LogP contribution in [0.2, 0.25) is 0 Å². The van der Waals surface area contributed by atoms with E-state index in [2.05, 4.69) is 5.32 Å². The third-order valence-corrected chi connectivity index (χ3v) is 5.57. The van der Waals surface area contributed by atoms with Gasteiger partial charge in [0.05, 0.1) is 22.5 Å². The summed E-state index contributed by atoms with van der Waals surface area (Å²) in [5.74, 6) is -0.994. The van der Waals surface area contributed by atoms with E-state index in [1.165, 1.54) is 0 Å². The second-order valence-electron chi connectivity index (χ2n) is 7.53. The third-order valence-electron chi connectivity index (χ3n) is 5.57. The Kier molecular flexibility index (Phi) is 4.64. The minimum atomic E-state index is -0.369. The van der Waals surface area contributed by atoms with E-state index in [1.807, 2.05) is 36.4 Å². The van der Waals surface area contributed by atoms with Gasteiger partial charge in [-0.1, -0.05) is 72.8 Å². The summed E-state index contributed by atoms with van der Waals surface area (Å²) < 4.78 is 0. The first-order chi connectivity index (χ1) is 15.6. The minimum absolute atomic E-state index is 0.0142. The number of benzene rings is 4. The molecule has 0 bridgehead atoms. The zero-order chi connectivity index (χ0) is 22.2. The SMILES string of the molecule is Nc1c(C(=O)c2ccccc2)cc(Nc2ccccc2)c2c1C(=O)c1ccccc1C2=O. The van der Waals surface area contributed by atoms with E-state index in [0.717, 1.165) is 5.69 Å².